The van der Waals surface area contributed by atoms with Gasteiger partial charge in [-0.15, -0.1) is 0 Å². The Morgan fingerprint density at radius 1 is 1.17 bits per heavy atom. The molecule has 1 heterocycles. The summed E-state index contributed by atoms with van der Waals surface area (Å²) in [6, 6.07) is 7.23. The lowest BCUT2D eigenvalue weighted by Crippen LogP contribution is -2.35. The lowest BCUT2D eigenvalue weighted by Gasteiger charge is -2.22. The van der Waals surface area contributed by atoms with Crippen molar-refractivity contribution in [1.29, 1.82) is 0 Å². The Morgan fingerprint density at radius 2 is 1.71 bits per heavy atom. The number of aryl methyl sites for hydroxylation is 1. The quantitative estimate of drug-likeness (QED) is 0.625. The summed E-state index contributed by atoms with van der Waals surface area (Å²) in [5.74, 6) is -2.10. The summed E-state index contributed by atoms with van der Waals surface area (Å²) < 4.78 is 5.24. The number of ether oxygens (including phenoxy) is 1. The first-order valence-corrected chi connectivity index (χ1v) is 8.48. The van der Waals surface area contributed by atoms with Crippen LogP contribution in [-0.2, 0) is 19.1 Å². The fourth-order valence-corrected chi connectivity index (χ4v) is 2.88. The monoisotopic (exact) mass is 333 g/mol. The molecule has 1 aliphatic heterocycles. The third-order valence-electron chi connectivity index (χ3n) is 4.07. The van der Waals surface area contributed by atoms with Gasteiger partial charge in [0.2, 0.25) is 11.8 Å². The van der Waals surface area contributed by atoms with Crippen molar-refractivity contribution < 1.29 is 19.1 Å². The average molecular weight is 333 g/mol. The van der Waals surface area contributed by atoms with Crippen LogP contribution in [0.3, 0.4) is 0 Å². The van der Waals surface area contributed by atoms with Crippen LogP contribution in [0.2, 0.25) is 0 Å². The highest BCUT2D eigenvalue weighted by molar-refractivity contribution is 6.22. The van der Waals surface area contributed by atoms with Gasteiger partial charge in [0, 0.05) is 6.92 Å². The van der Waals surface area contributed by atoms with Gasteiger partial charge in [-0.3, -0.25) is 14.4 Å². The van der Waals surface area contributed by atoms with E-state index in [9.17, 15) is 14.4 Å². The zero-order chi connectivity index (χ0) is 18.4. The van der Waals surface area contributed by atoms with Gasteiger partial charge in [0.15, 0.2) is 0 Å². The van der Waals surface area contributed by atoms with Crippen molar-refractivity contribution in [1.82, 2.24) is 0 Å². The topological polar surface area (TPSA) is 63.7 Å². The average Bonchev–Trinajstić information content (AvgIpc) is 2.78. The van der Waals surface area contributed by atoms with Crippen LogP contribution in [0.1, 0.15) is 46.6 Å². The number of nitrogens with zero attached hydrogens (tertiary/aromatic N) is 1. The van der Waals surface area contributed by atoms with Gasteiger partial charge in [0.25, 0.3) is 0 Å². The summed E-state index contributed by atoms with van der Waals surface area (Å²) in [5.41, 5.74) is 1.62. The van der Waals surface area contributed by atoms with Gasteiger partial charge in [-0.25, -0.2) is 4.90 Å². The van der Waals surface area contributed by atoms with E-state index in [4.69, 9.17) is 4.74 Å². The second kappa shape index (κ2) is 8.62. The molecule has 1 fully saturated rings. The van der Waals surface area contributed by atoms with E-state index >= 15 is 0 Å². The number of imide groups is 1. The molecular weight excluding hydrogens is 306 g/mol. The zero-order valence-electron chi connectivity index (χ0n) is 15.3. The van der Waals surface area contributed by atoms with E-state index in [1.807, 2.05) is 39.8 Å². The number of benzene rings is 1. The SMILES string of the molecule is CC.CCC(OC(C)=O)C1C(=O)N(c2ccc(C)cc2)C(=O)C1C. The molecule has 1 aromatic rings. The van der Waals surface area contributed by atoms with Crippen LogP contribution in [0, 0.1) is 18.8 Å². The van der Waals surface area contributed by atoms with Crippen molar-refractivity contribution >= 4 is 23.5 Å². The van der Waals surface area contributed by atoms with E-state index in [2.05, 4.69) is 0 Å². The smallest absolute Gasteiger partial charge is 0.302 e. The van der Waals surface area contributed by atoms with Crippen LogP contribution in [0.25, 0.3) is 0 Å². The van der Waals surface area contributed by atoms with Crippen LogP contribution < -0.4 is 4.90 Å². The standard InChI is InChI=1S/C17H21NO4.C2H6/c1-5-14(22-12(4)19)15-11(3)16(20)18(17(15)21)13-8-6-10(2)7-9-13;1-2/h6-9,11,14-15H,5H2,1-4H3;1-2H3. The summed E-state index contributed by atoms with van der Waals surface area (Å²) in [6.07, 6.45) is -0.0746. The molecule has 3 atom stereocenters. The van der Waals surface area contributed by atoms with E-state index < -0.39 is 23.9 Å². The van der Waals surface area contributed by atoms with Gasteiger partial charge in [-0.05, 0) is 25.5 Å². The second-order valence-electron chi connectivity index (χ2n) is 5.72. The molecule has 3 unspecified atom stereocenters. The number of esters is 1. The number of hydrogen-bond acceptors (Lipinski definition) is 4. The first-order valence-electron chi connectivity index (χ1n) is 8.48. The number of carbonyl (C=O) groups excluding carboxylic acids is 3. The van der Waals surface area contributed by atoms with E-state index in [-0.39, 0.29) is 11.8 Å². The minimum atomic E-state index is -0.622. The minimum Gasteiger partial charge on any atom is -0.462 e. The molecule has 5 heteroatoms. The molecule has 24 heavy (non-hydrogen) atoms. The fraction of sp³-hybridized carbons (Fsp3) is 0.526. The third-order valence-corrected chi connectivity index (χ3v) is 4.07. The van der Waals surface area contributed by atoms with Crippen molar-refractivity contribution in [3.05, 3.63) is 29.8 Å². The molecule has 2 amide bonds. The van der Waals surface area contributed by atoms with Gasteiger partial charge in [-0.2, -0.15) is 0 Å². The van der Waals surface area contributed by atoms with Crippen molar-refractivity contribution in [2.24, 2.45) is 11.8 Å². The van der Waals surface area contributed by atoms with Crippen molar-refractivity contribution in [2.75, 3.05) is 4.90 Å². The zero-order valence-corrected chi connectivity index (χ0v) is 15.3. The minimum absolute atomic E-state index is 0.246. The maximum atomic E-state index is 12.7. The Bertz CT molecular complexity index is 594. The van der Waals surface area contributed by atoms with Gasteiger partial charge >= 0.3 is 5.97 Å². The number of hydrogen-bond donors (Lipinski definition) is 0. The van der Waals surface area contributed by atoms with E-state index in [0.29, 0.717) is 12.1 Å². The van der Waals surface area contributed by atoms with Gasteiger partial charge in [-0.1, -0.05) is 45.4 Å². The molecule has 1 aromatic carbocycles. The Morgan fingerprint density at radius 3 is 2.17 bits per heavy atom. The van der Waals surface area contributed by atoms with Crippen molar-refractivity contribution in [2.45, 2.75) is 54.1 Å². The Labute approximate surface area is 144 Å². The van der Waals surface area contributed by atoms with Crippen molar-refractivity contribution in [3.63, 3.8) is 0 Å². The van der Waals surface area contributed by atoms with Crippen LogP contribution >= 0.6 is 0 Å². The van der Waals surface area contributed by atoms with Gasteiger partial charge in [0.1, 0.15) is 6.10 Å². The van der Waals surface area contributed by atoms with Gasteiger partial charge < -0.3 is 4.74 Å². The molecule has 0 aliphatic carbocycles. The number of amides is 2. The van der Waals surface area contributed by atoms with E-state index in [1.54, 1.807) is 19.1 Å². The lowest BCUT2D eigenvalue weighted by molar-refractivity contribution is -0.152. The van der Waals surface area contributed by atoms with E-state index in [1.165, 1.54) is 11.8 Å². The summed E-state index contributed by atoms with van der Waals surface area (Å²) in [4.78, 5) is 37.6. The second-order valence-corrected chi connectivity index (χ2v) is 5.72. The molecule has 2 rings (SSSR count). The molecule has 0 aromatic heterocycles. The van der Waals surface area contributed by atoms with Gasteiger partial charge in [0.05, 0.1) is 17.5 Å². The predicted octanol–water partition coefficient (Wildman–Crippen LogP) is 3.49. The summed E-state index contributed by atoms with van der Waals surface area (Å²) in [7, 11) is 0. The molecule has 5 nitrogen and oxygen atoms in total. The van der Waals surface area contributed by atoms with Crippen molar-refractivity contribution in [3.8, 4) is 0 Å². The lowest BCUT2D eigenvalue weighted by atomic mass is 9.90. The van der Waals surface area contributed by atoms with Crippen LogP contribution in [-0.4, -0.2) is 23.9 Å². The largest absolute Gasteiger partial charge is 0.462 e. The van der Waals surface area contributed by atoms with E-state index in [0.717, 1.165) is 5.56 Å². The molecule has 0 bridgehead atoms. The summed E-state index contributed by atoms with van der Waals surface area (Å²) >= 11 is 0. The predicted molar refractivity (Wildman–Crippen MR) is 93.5 cm³/mol. The highest BCUT2D eigenvalue weighted by atomic mass is 16.5. The van der Waals surface area contributed by atoms with Crippen LogP contribution in [0.5, 0.6) is 0 Å². The highest BCUT2D eigenvalue weighted by Crippen LogP contribution is 2.34. The molecule has 0 saturated carbocycles. The fourth-order valence-electron chi connectivity index (χ4n) is 2.88. The number of carbonyl (C=O) groups is 3. The molecule has 0 radical (unpaired) electrons. The summed E-state index contributed by atoms with van der Waals surface area (Å²) in [5, 5.41) is 0. The normalized spacial score (nSPS) is 21.2. The molecule has 1 saturated heterocycles. The number of rotatable bonds is 4. The Balaban J connectivity index is 0.00000139. The molecule has 132 valence electrons. The molecule has 0 N–H and O–H groups in total. The number of anilines is 1. The maximum Gasteiger partial charge on any atom is 0.302 e. The third kappa shape index (κ3) is 4.02. The first-order chi connectivity index (χ1) is 11.4. The first kappa shape index (κ1) is 19.9. The summed E-state index contributed by atoms with van der Waals surface area (Å²) in [6.45, 7) is 10.8. The highest BCUT2D eigenvalue weighted by Gasteiger charge is 2.50. The molecule has 0 spiro atoms. The Hall–Kier alpha value is -2.17. The van der Waals surface area contributed by atoms with Crippen LogP contribution in [0.15, 0.2) is 24.3 Å². The molecular formula is C19H27NO4. The maximum absolute atomic E-state index is 12.7. The Kier molecular flexibility index (Phi) is 7.14. The van der Waals surface area contributed by atoms with Crippen LogP contribution in [0.4, 0.5) is 5.69 Å². The molecule has 1 aliphatic rings.